The van der Waals surface area contributed by atoms with Crippen LogP contribution in [0.5, 0.6) is 5.75 Å². The van der Waals surface area contributed by atoms with Crippen LogP contribution in [0.1, 0.15) is 28.4 Å². The number of aryl methyl sites for hydroxylation is 1. The highest BCUT2D eigenvalue weighted by Crippen LogP contribution is 2.34. The molecular weight excluding hydrogens is 308 g/mol. The Hall–Kier alpha value is -3.09. The van der Waals surface area contributed by atoms with Crippen LogP contribution in [0.25, 0.3) is 16.9 Å². The summed E-state index contributed by atoms with van der Waals surface area (Å²) in [4.78, 5) is 30.6. The van der Waals surface area contributed by atoms with E-state index >= 15 is 0 Å². The number of anilines is 1. The molecule has 0 unspecified atom stereocenters. The zero-order valence-electron chi connectivity index (χ0n) is 13.9. The van der Waals surface area contributed by atoms with Crippen LogP contribution in [0.15, 0.2) is 23.1 Å². The summed E-state index contributed by atoms with van der Waals surface area (Å²) in [5, 5.41) is 0. The zero-order valence-corrected chi connectivity index (χ0v) is 13.9. The fourth-order valence-corrected chi connectivity index (χ4v) is 3.06. The summed E-state index contributed by atoms with van der Waals surface area (Å²) >= 11 is 0. The van der Waals surface area contributed by atoms with Gasteiger partial charge >= 0.3 is 0 Å². The van der Waals surface area contributed by atoms with Gasteiger partial charge in [-0.25, -0.2) is 4.98 Å². The number of carbonyl (C=O) groups excluding carboxylic acids is 1. The summed E-state index contributed by atoms with van der Waals surface area (Å²) < 4.78 is 7.08. The SMILES string of the molecule is COc1ccc(C)c(-n2c(N)c(C(C)=O)c3[nH]c(=O)cnc32)c1C. The number of hydrogen-bond acceptors (Lipinski definition) is 5. The summed E-state index contributed by atoms with van der Waals surface area (Å²) in [6, 6.07) is 3.78. The third-order valence-electron chi connectivity index (χ3n) is 4.11. The molecule has 7 nitrogen and oxygen atoms in total. The summed E-state index contributed by atoms with van der Waals surface area (Å²) in [7, 11) is 1.59. The van der Waals surface area contributed by atoms with Crippen LogP contribution in [0.4, 0.5) is 5.82 Å². The zero-order chi connectivity index (χ0) is 17.6. The Balaban J connectivity index is 2.51. The number of methoxy groups -OCH3 is 1. The number of hydrogen-bond donors (Lipinski definition) is 2. The van der Waals surface area contributed by atoms with Crippen molar-refractivity contribution in [1.82, 2.24) is 14.5 Å². The molecule has 0 amide bonds. The second-order valence-electron chi connectivity index (χ2n) is 5.66. The predicted octanol–water partition coefficient (Wildman–Crippen LogP) is 2.12. The lowest BCUT2D eigenvalue weighted by molar-refractivity contribution is 0.102. The first-order valence-corrected chi connectivity index (χ1v) is 7.41. The van der Waals surface area contributed by atoms with Gasteiger partial charge in [-0.3, -0.25) is 14.2 Å². The van der Waals surface area contributed by atoms with Crippen LogP contribution < -0.4 is 16.0 Å². The first kappa shape index (κ1) is 15.8. The molecule has 3 aromatic rings. The first-order chi connectivity index (χ1) is 11.4. The van der Waals surface area contributed by atoms with Crippen LogP contribution >= 0.6 is 0 Å². The number of nitrogens with one attached hydrogen (secondary N) is 1. The average Bonchev–Trinajstić information content (AvgIpc) is 2.79. The summed E-state index contributed by atoms with van der Waals surface area (Å²) in [5.41, 5.74) is 9.50. The minimum absolute atomic E-state index is 0.238. The summed E-state index contributed by atoms with van der Waals surface area (Å²) in [6.07, 6.45) is 1.17. The van der Waals surface area contributed by atoms with Gasteiger partial charge in [-0.1, -0.05) is 6.07 Å². The van der Waals surface area contributed by atoms with Gasteiger partial charge in [-0.15, -0.1) is 0 Å². The van der Waals surface area contributed by atoms with E-state index in [9.17, 15) is 9.59 Å². The van der Waals surface area contributed by atoms with E-state index in [4.69, 9.17) is 10.5 Å². The maximum absolute atomic E-state index is 12.1. The maximum Gasteiger partial charge on any atom is 0.267 e. The monoisotopic (exact) mass is 326 g/mol. The van der Waals surface area contributed by atoms with E-state index in [-0.39, 0.29) is 22.7 Å². The molecule has 24 heavy (non-hydrogen) atoms. The van der Waals surface area contributed by atoms with E-state index in [0.717, 1.165) is 16.8 Å². The molecule has 3 rings (SSSR count). The van der Waals surface area contributed by atoms with Crippen molar-refractivity contribution < 1.29 is 9.53 Å². The van der Waals surface area contributed by atoms with Crippen molar-refractivity contribution in [2.75, 3.05) is 12.8 Å². The predicted molar refractivity (Wildman–Crippen MR) is 92.1 cm³/mol. The fourth-order valence-electron chi connectivity index (χ4n) is 3.06. The van der Waals surface area contributed by atoms with E-state index in [0.29, 0.717) is 16.9 Å². The van der Waals surface area contributed by atoms with Crippen LogP contribution in [0.3, 0.4) is 0 Å². The Labute approximate surface area is 138 Å². The number of carbonyl (C=O) groups is 1. The number of H-pyrrole nitrogens is 1. The maximum atomic E-state index is 12.1. The van der Waals surface area contributed by atoms with Crippen molar-refractivity contribution in [3.8, 4) is 11.4 Å². The van der Waals surface area contributed by atoms with E-state index < -0.39 is 0 Å². The summed E-state index contributed by atoms with van der Waals surface area (Å²) in [6.45, 7) is 5.25. The van der Waals surface area contributed by atoms with E-state index in [1.54, 1.807) is 11.7 Å². The molecule has 1 aromatic carbocycles. The van der Waals surface area contributed by atoms with Crippen molar-refractivity contribution >= 4 is 22.8 Å². The fraction of sp³-hybridized carbons (Fsp3) is 0.235. The second-order valence-corrected chi connectivity index (χ2v) is 5.66. The smallest absolute Gasteiger partial charge is 0.267 e. The molecule has 0 bridgehead atoms. The lowest BCUT2D eigenvalue weighted by Gasteiger charge is -2.16. The minimum atomic E-state index is -0.388. The number of nitrogens with zero attached hydrogens (tertiary/aromatic N) is 2. The molecular formula is C17H18N4O3. The van der Waals surface area contributed by atoms with Crippen LogP contribution in [0, 0.1) is 13.8 Å². The van der Waals surface area contributed by atoms with Crippen molar-refractivity contribution in [3.05, 3.63) is 45.4 Å². The molecule has 124 valence electrons. The number of Topliss-reactive ketones (excluding diaryl/α,β-unsaturated/α-hetero) is 1. The highest BCUT2D eigenvalue weighted by atomic mass is 16.5. The van der Waals surface area contributed by atoms with Gasteiger partial charge in [0.25, 0.3) is 5.56 Å². The number of rotatable bonds is 3. The molecule has 3 N–H and O–H groups in total. The topological polar surface area (TPSA) is 103 Å². The Morgan fingerprint density at radius 3 is 2.67 bits per heavy atom. The largest absolute Gasteiger partial charge is 0.496 e. The van der Waals surface area contributed by atoms with Crippen molar-refractivity contribution in [2.45, 2.75) is 20.8 Å². The molecule has 0 fully saturated rings. The number of ether oxygens (including phenoxy) is 1. The Bertz CT molecular complexity index is 1030. The molecule has 0 saturated heterocycles. The van der Waals surface area contributed by atoms with Crippen LogP contribution in [-0.2, 0) is 0 Å². The lowest BCUT2D eigenvalue weighted by Crippen LogP contribution is -2.08. The first-order valence-electron chi connectivity index (χ1n) is 7.41. The van der Waals surface area contributed by atoms with Crippen molar-refractivity contribution in [1.29, 1.82) is 0 Å². The molecule has 7 heteroatoms. The molecule has 2 heterocycles. The quantitative estimate of drug-likeness (QED) is 0.718. The van der Waals surface area contributed by atoms with Gasteiger partial charge in [0, 0.05) is 5.56 Å². The normalized spacial score (nSPS) is 11.0. The van der Waals surface area contributed by atoms with Gasteiger partial charge in [0.1, 0.15) is 11.6 Å². The standard InChI is InChI=1S/C17H18N4O3/c1-8-5-6-11(24-4)9(2)15(8)21-16(18)13(10(3)22)14-17(21)19-7-12(23)20-14/h5-7H,18H2,1-4H3,(H,20,23). The average molecular weight is 326 g/mol. The lowest BCUT2D eigenvalue weighted by atomic mass is 10.1. The Morgan fingerprint density at radius 1 is 1.33 bits per heavy atom. The minimum Gasteiger partial charge on any atom is -0.496 e. The van der Waals surface area contributed by atoms with E-state index in [1.807, 2.05) is 26.0 Å². The molecule has 2 aromatic heterocycles. The number of aromatic amines is 1. The second kappa shape index (κ2) is 5.52. The van der Waals surface area contributed by atoms with Crippen LogP contribution in [0.2, 0.25) is 0 Å². The Morgan fingerprint density at radius 2 is 2.04 bits per heavy atom. The van der Waals surface area contributed by atoms with Crippen LogP contribution in [-0.4, -0.2) is 27.4 Å². The Kier molecular flexibility index (Phi) is 3.63. The van der Waals surface area contributed by atoms with Gasteiger partial charge in [0.05, 0.1) is 30.1 Å². The highest BCUT2D eigenvalue weighted by Gasteiger charge is 2.23. The van der Waals surface area contributed by atoms with Crippen molar-refractivity contribution in [2.24, 2.45) is 0 Å². The van der Waals surface area contributed by atoms with E-state index in [1.165, 1.54) is 13.1 Å². The van der Waals surface area contributed by atoms with Gasteiger partial charge in [0.15, 0.2) is 11.4 Å². The number of aromatic nitrogens is 3. The van der Waals surface area contributed by atoms with Gasteiger partial charge in [0.2, 0.25) is 0 Å². The molecule has 0 saturated carbocycles. The van der Waals surface area contributed by atoms with E-state index in [2.05, 4.69) is 9.97 Å². The van der Waals surface area contributed by atoms with Gasteiger partial charge < -0.3 is 15.5 Å². The highest BCUT2D eigenvalue weighted by molar-refractivity contribution is 6.10. The third kappa shape index (κ3) is 2.17. The molecule has 0 aliphatic rings. The molecule has 0 radical (unpaired) electrons. The summed E-state index contributed by atoms with van der Waals surface area (Å²) in [5.74, 6) is 0.704. The van der Waals surface area contributed by atoms with Gasteiger partial charge in [-0.2, -0.15) is 0 Å². The third-order valence-corrected chi connectivity index (χ3v) is 4.11. The number of fused-ring (bicyclic) bond motifs is 1. The number of nitrogen functional groups attached to an aromatic ring is 1. The molecule has 0 aliphatic heterocycles. The number of ketones is 1. The van der Waals surface area contributed by atoms with Gasteiger partial charge in [-0.05, 0) is 32.4 Å². The molecule has 0 spiro atoms. The molecule has 0 aliphatic carbocycles. The van der Waals surface area contributed by atoms with Crippen molar-refractivity contribution in [3.63, 3.8) is 0 Å². The molecule has 0 atom stereocenters. The number of benzene rings is 1. The number of nitrogens with two attached hydrogens (primary N) is 1.